The maximum Gasteiger partial charge on any atom is 0.356 e. The third-order valence-corrected chi connectivity index (χ3v) is 6.31. The van der Waals surface area contributed by atoms with E-state index in [2.05, 4.69) is 17.7 Å². The van der Waals surface area contributed by atoms with Crippen LogP contribution in [-0.4, -0.2) is 49.9 Å². The number of thiol groups is 1. The highest BCUT2D eigenvalue weighted by molar-refractivity contribution is 7.81. The number of allylic oxidation sites excluding steroid dienone is 1. The normalized spacial score (nSPS) is 22.2. The number of hydrogen-bond acceptors (Lipinski definition) is 5. The van der Waals surface area contributed by atoms with Gasteiger partial charge in [0.2, 0.25) is 0 Å². The van der Waals surface area contributed by atoms with Gasteiger partial charge in [0.25, 0.3) is 0 Å². The Balaban J connectivity index is 1.55. The van der Waals surface area contributed by atoms with Gasteiger partial charge in [-0.05, 0) is 37.0 Å². The number of rotatable bonds is 7. The minimum Gasteiger partial charge on any atom is -0.476 e. The summed E-state index contributed by atoms with van der Waals surface area (Å²) < 4.78 is 16.1. The van der Waals surface area contributed by atoms with Crippen LogP contribution in [0.25, 0.3) is 0 Å². The lowest BCUT2D eigenvalue weighted by Crippen LogP contribution is -2.42. The molecule has 30 heavy (non-hydrogen) atoms. The summed E-state index contributed by atoms with van der Waals surface area (Å²) >= 11 is 4.68. The molecule has 1 saturated heterocycles. The molecule has 6 nitrogen and oxygen atoms in total. The molecule has 2 aliphatic rings. The second-order valence-electron chi connectivity index (χ2n) is 7.88. The summed E-state index contributed by atoms with van der Waals surface area (Å²) in [6.45, 7) is 1.58. The first-order valence-corrected chi connectivity index (χ1v) is 10.6. The molecular formula is C22H24FN3O3S. The zero-order valence-electron chi connectivity index (χ0n) is 16.4. The van der Waals surface area contributed by atoms with Crippen molar-refractivity contribution in [1.82, 2.24) is 14.7 Å². The number of nitrogens with zero attached hydrogens (tertiary/aromatic N) is 3. The Morgan fingerprint density at radius 1 is 1.27 bits per heavy atom. The van der Waals surface area contributed by atoms with Crippen LogP contribution in [0, 0.1) is 11.7 Å². The average Bonchev–Trinajstić information content (AvgIpc) is 3.47. The summed E-state index contributed by atoms with van der Waals surface area (Å²) in [5.74, 6) is -1.30. The van der Waals surface area contributed by atoms with Crippen molar-refractivity contribution >= 4 is 24.4 Å². The number of likely N-dealkylation sites (tertiary alicyclic amines) is 1. The van der Waals surface area contributed by atoms with Crippen molar-refractivity contribution in [1.29, 1.82) is 0 Å². The molecule has 2 heterocycles. The van der Waals surface area contributed by atoms with Crippen molar-refractivity contribution in [3.63, 3.8) is 0 Å². The molecule has 0 amide bonds. The minimum atomic E-state index is -1.07. The molecule has 0 radical (unpaired) electrons. The minimum absolute atomic E-state index is 0.00394. The van der Waals surface area contributed by atoms with E-state index in [0.717, 1.165) is 24.8 Å². The smallest absolute Gasteiger partial charge is 0.356 e. The van der Waals surface area contributed by atoms with Crippen molar-refractivity contribution in [3.05, 3.63) is 65.3 Å². The van der Waals surface area contributed by atoms with E-state index >= 15 is 0 Å². The Hall–Kier alpha value is -2.45. The molecule has 4 rings (SSSR count). The van der Waals surface area contributed by atoms with E-state index in [-0.39, 0.29) is 28.5 Å². The lowest BCUT2D eigenvalue weighted by Gasteiger charge is -2.37. The number of Topliss-reactive ketones (excluding diaryl/α,β-unsaturated/α-hetero) is 1. The molecule has 1 saturated carbocycles. The topological polar surface area (TPSA) is 75.4 Å². The molecule has 1 aliphatic heterocycles. The molecule has 1 aromatic heterocycles. The van der Waals surface area contributed by atoms with Gasteiger partial charge in [-0.15, -0.1) is 0 Å². The molecule has 8 heteroatoms. The number of ketones is 1. The van der Waals surface area contributed by atoms with Crippen LogP contribution < -0.4 is 0 Å². The Kier molecular flexibility index (Phi) is 6.06. The summed E-state index contributed by atoms with van der Waals surface area (Å²) in [5.41, 5.74) is 1.46. The van der Waals surface area contributed by atoms with Gasteiger partial charge in [-0.2, -0.15) is 17.7 Å². The van der Waals surface area contributed by atoms with E-state index in [1.807, 2.05) is 11.0 Å². The average molecular weight is 430 g/mol. The van der Waals surface area contributed by atoms with E-state index in [1.165, 1.54) is 12.1 Å². The number of carbonyl (C=O) groups excluding carboxylic acids is 1. The monoisotopic (exact) mass is 429 g/mol. The van der Waals surface area contributed by atoms with E-state index in [1.54, 1.807) is 29.1 Å². The summed E-state index contributed by atoms with van der Waals surface area (Å²) in [7, 11) is 0. The van der Waals surface area contributed by atoms with Crippen LogP contribution in [-0.2, 0) is 11.3 Å². The summed E-state index contributed by atoms with van der Waals surface area (Å²) in [6, 6.07) is 7.38. The van der Waals surface area contributed by atoms with Crippen molar-refractivity contribution < 1.29 is 19.1 Å². The molecule has 1 aliphatic carbocycles. The van der Waals surface area contributed by atoms with Gasteiger partial charge in [-0.25, -0.2) is 9.18 Å². The Morgan fingerprint density at radius 2 is 2.03 bits per heavy atom. The first kappa shape index (κ1) is 20.8. The van der Waals surface area contributed by atoms with E-state index in [0.29, 0.717) is 25.2 Å². The zero-order chi connectivity index (χ0) is 21.3. The number of carboxylic acid groups (broad SMARTS) is 1. The largest absolute Gasteiger partial charge is 0.476 e. The highest BCUT2D eigenvalue weighted by Crippen LogP contribution is 2.39. The first-order valence-electron chi connectivity index (χ1n) is 10.1. The quantitative estimate of drug-likeness (QED) is 0.521. The standard InChI is InChI=1S/C22H24FN3O3S/c23-17-4-2-1-3-16(17)20(21(27)14-5-6-14)25-10-9-19(30)15(13-25)7-11-26-12-8-18(24-26)22(28)29/h1-4,7-8,12,14,19-20,30H,5-6,9-11,13H2,(H,28,29)/b15-7-. The fraction of sp³-hybridized carbons (Fsp3) is 0.409. The van der Waals surface area contributed by atoms with Gasteiger partial charge in [0, 0.05) is 36.0 Å². The maximum atomic E-state index is 14.6. The Labute approximate surface area is 179 Å². The number of halogens is 1. The Bertz CT molecular complexity index is 986. The van der Waals surface area contributed by atoms with Gasteiger partial charge < -0.3 is 5.11 Å². The molecule has 0 bridgehead atoms. The Morgan fingerprint density at radius 3 is 2.70 bits per heavy atom. The molecule has 158 valence electrons. The van der Waals surface area contributed by atoms with Gasteiger partial charge in [0.1, 0.15) is 5.82 Å². The third-order valence-electron chi connectivity index (χ3n) is 5.72. The lowest BCUT2D eigenvalue weighted by molar-refractivity contribution is -0.126. The van der Waals surface area contributed by atoms with Crippen LogP contribution in [0.4, 0.5) is 4.39 Å². The van der Waals surface area contributed by atoms with E-state index in [4.69, 9.17) is 5.11 Å². The van der Waals surface area contributed by atoms with Crippen molar-refractivity contribution in [2.24, 2.45) is 5.92 Å². The van der Waals surface area contributed by atoms with Gasteiger partial charge in [-0.3, -0.25) is 14.4 Å². The van der Waals surface area contributed by atoms with E-state index in [9.17, 15) is 14.0 Å². The number of aromatic carboxylic acids is 1. The van der Waals surface area contributed by atoms with Crippen molar-refractivity contribution in [2.45, 2.75) is 37.1 Å². The predicted molar refractivity (Wildman–Crippen MR) is 113 cm³/mol. The predicted octanol–water partition coefficient (Wildman–Crippen LogP) is 3.37. The zero-order valence-corrected chi connectivity index (χ0v) is 17.3. The summed E-state index contributed by atoms with van der Waals surface area (Å²) in [6.07, 6.45) is 6.09. The molecular weight excluding hydrogens is 405 g/mol. The highest BCUT2D eigenvalue weighted by Gasteiger charge is 2.40. The number of carbonyl (C=O) groups is 2. The van der Waals surface area contributed by atoms with Gasteiger partial charge in [-0.1, -0.05) is 24.3 Å². The van der Waals surface area contributed by atoms with Gasteiger partial charge >= 0.3 is 5.97 Å². The van der Waals surface area contributed by atoms with Crippen molar-refractivity contribution in [3.8, 4) is 0 Å². The highest BCUT2D eigenvalue weighted by atomic mass is 32.1. The van der Waals surface area contributed by atoms with Crippen LogP contribution in [0.1, 0.15) is 41.4 Å². The fourth-order valence-corrected chi connectivity index (χ4v) is 4.22. The molecule has 0 spiro atoms. The van der Waals surface area contributed by atoms with E-state index < -0.39 is 12.0 Å². The van der Waals surface area contributed by atoms with Gasteiger partial charge in [0.15, 0.2) is 11.5 Å². The second-order valence-corrected chi connectivity index (χ2v) is 8.51. The summed E-state index contributed by atoms with van der Waals surface area (Å²) in [4.78, 5) is 26.1. The van der Waals surface area contributed by atoms with Crippen LogP contribution >= 0.6 is 12.6 Å². The molecule has 1 aromatic carbocycles. The molecule has 2 atom stereocenters. The number of hydrogen-bond donors (Lipinski definition) is 2. The SMILES string of the molecule is O=C(O)c1ccn(C/C=C2/CN(C(C(=O)C3CC3)c3ccccc3F)CCC2S)n1. The van der Waals surface area contributed by atoms with Crippen LogP contribution in [0.3, 0.4) is 0 Å². The number of carboxylic acids is 1. The molecule has 1 N–H and O–H groups in total. The van der Waals surface area contributed by atoms with Crippen LogP contribution in [0.15, 0.2) is 48.2 Å². The third kappa shape index (κ3) is 4.49. The maximum absolute atomic E-state index is 14.6. The molecule has 2 fully saturated rings. The number of benzene rings is 1. The van der Waals surface area contributed by atoms with Crippen molar-refractivity contribution in [2.75, 3.05) is 13.1 Å². The molecule has 2 unspecified atom stereocenters. The number of aromatic nitrogens is 2. The number of piperidine rings is 1. The summed E-state index contributed by atoms with van der Waals surface area (Å²) in [5, 5.41) is 13.1. The lowest BCUT2D eigenvalue weighted by atomic mass is 9.93. The van der Waals surface area contributed by atoms with Crippen LogP contribution in [0.5, 0.6) is 0 Å². The second kappa shape index (κ2) is 8.73. The first-order chi connectivity index (χ1) is 14.4. The van der Waals surface area contributed by atoms with Gasteiger partial charge in [0.05, 0.1) is 12.6 Å². The van der Waals surface area contributed by atoms with Crippen LogP contribution in [0.2, 0.25) is 0 Å². The molecule has 2 aromatic rings. The fourth-order valence-electron chi connectivity index (χ4n) is 3.92.